The van der Waals surface area contributed by atoms with Gasteiger partial charge in [-0.1, -0.05) is 5.16 Å². The zero-order chi connectivity index (χ0) is 9.15. The molecule has 2 rings (SSSR count). The van der Waals surface area contributed by atoms with Crippen molar-refractivity contribution in [1.82, 2.24) is 20.8 Å². The highest BCUT2D eigenvalue weighted by Gasteiger charge is 2.27. The van der Waals surface area contributed by atoms with E-state index < -0.39 is 0 Å². The average Bonchev–Trinajstić information content (AvgIpc) is 2.72. The molecule has 0 saturated carbocycles. The van der Waals surface area contributed by atoms with Crippen molar-refractivity contribution < 1.29 is 4.52 Å². The van der Waals surface area contributed by atoms with Gasteiger partial charge in [-0.15, -0.1) is 0 Å². The van der Waals surface area contributed by atoms with Gasteiger partial charge in [0.25, 0.3) is 0 Å². The molecule has 1 aliphatic rings. The summed E-state index contributed by atoms with van der Waals surface area (Å²) in [6.07, 6.45) is 2.56. The van der Waals surface area contributed by atoms with Gasteiger partial charge in [0, 0.05) is 12.1 Å². The van der Waals surface area contributed by atoms with Crippen LogP contribution in [0.1, 0.15) is 19.2 Å². The first-order valence-electron chi connectivity index (χ1n) is 4.50. The van der Waals surface area contributed by atoms with Gasteiger partial charge in [0.05, 0.1) is 6.54 Å². The van der Waals surface area contributed by atoms with Gasteiger partial charge in [0.1, 0.15) is 0 Å². The topological polar surface area (TPSA) is 63.0 Å². The molecule has 0 spiro atoms. The Balaban J connectivity index is 1.85. The summed E-state index contributed by atoms with van der Waals surface area (Å²) in [5, 5.41) is 10.3. The number of rotatable bonds is 3. The quantitative estimate of drug-likeness (QED) is 0.684. The molecule has 0 aliphatic carbocycles. The monoisotopic (exact) mass is 182 g/mol. The molecule has 1 aliphatic heterocycles. The Morgan fingerprint density at radius 3 is 3.31 bits per heavy atom. The third-order valence-corrected chi connectivity index (χ3v) is 2.44. The van der Waals surface area contributed by atoms with Crippen molar-refractivity contribution in [1.29, 1.82) is 0 Å². The predicted octanol–water partition coefficient (Wildman–Crippen LogP) is -0.0888. The summed E-state index contributed by atoms with van der Waals surface area (Å²) in [4.78, 5) is 3.95. The second kappa shape index (κ2) is 3.43. The van der Waals surface area contributed by atoms with Gasteiger partial charge in [-0.3, -0.25) is 0 Å². The van der Waals surface area contributed by atoms with E-state index in [1.807, 2.05) is 0 Å². The Labute approximate surface area is 76.9 Å². The second-order valence-corrected chi connectivity index (χ2v) is 3.68. The first-order valence-corrected chi connectivity index (χ1v) is 4.50. The van der Waals surface area contributed by atoms with Crippen LogP contribution in [0.5, 0.6) is 0 Å². The van der Waals surface area contributed by atoms with Gasteiger partial charge < -0.3 is 15.2 Å². The fourth-order valence-corrected chi connectivity index (χ4v) is 1.53. The second-order valence-electron chi connectivity index (χ2n) is 3.68. The summed E-state index contributed by atoms with van der Waals surface area (Å²) in [5.41, 5.74) is 0.175. The lowest BCUT2D eigenvalue weighted by Gasteiger charge is -2.23. The summed E-state index contributed by atoms with van der Waals surface area (Å²) >= 11 is 0. The fourth-order valence-electron chi connectivity index (χ4n) is 1.53. The van der Waals surface area contributed by atoms with E-state index >= 15 is 0 Å². The Morgan fingerprint density at radius 1 is 1.77 bits per heavy atom. The van der Waals surface area contributed by atoms with Crippen molar-refractivity contribution in [2.45, 2.75) is 25.4 Å². The van der Waals surface area contributed by atoms with Crippen molar-refractivity contribution in [3.63, 3.8) is 0 Å². The summed E-state index contributed by atoms with van der Waals surface area (Å²) in [7, 11) is 0. The SMILES string of the molecule is CC1(NCc2ncno2)CCNC1. The number of hydrogen-bond acceptors (Lipinski definition) is 5. The summed E-state index contributed by atoms with van der Waals surface area (Å²) in [5.74, 6) is 0.646. The molecule has 2 heterocycles. The van der Waals surface area contributed by atoms with Gasteiger partial charge in [-0.2, -0.15) is 4.98 Å². The number of nitrogens with zero attached hydrogens (tertiary/aromatic N) is 2. The van der Waals surface area contributed by atoms with E-state index in [9.17, 15) is 0 Å². The van der Waals surface area contributed by atoms with E-state index in [-0.39, 0.29) is 5.54 Å². The summed E-state index contributed by atoms with van der Waals surface area (Å²) in [6.45, 7) is 4.93. The molecule has 1 aromatic rings. The molecular weight excluding hydrogens is 168 g/mol. The van der Waals surface area contributed by atoms with Crippen molar-refractivity contribution in [2.75, 3.05) is 13.1 Å². The van der Waals surface area contributed by atoms with Crippen molar-refractivity contribution >= 4 is 0 Å². The predicted molar refractivity (Wildman–Crippen MR) is 47.0 cm³/mol. The van der Waals surface area contributed by atoms with E-state index in [0.717, 1.165) is 19.5 Å². The zero-order valence-electron chi connectivity index (χ0n) is 7.71. The van der Waals surface area contributed by atoms with Crippen LogP contribution >= 0.6 is 0 Å². The largest absolute Gasteiger partial charge is 0.338 e. The molecule has 13 heavy (non-hydrogen) atoms. The maximum Gasteiger partial charge on any atom is 0.240 e. The number of aromatic nitrogens is 2. The fraction of sp³-hybridized carbons (Fsp3) is 0.750. The highest BCUT2D eigenvalue weighted by Crippen LogP contribution is 2.13. The van der Waals surface area contributed by atoms with Gasteiger partial charge >= 0.3 is 0 Å². The molecule has 1 fully saturated rings. The molecule has 5 heteroatoms. The Kier molecular flexibility index (Phi) is 2.28. The number of nitrogens with one attached hydrogen (secondary N) is 2. The van der Waals surface area contributed by atoms with Crippen LogP contribution in [0, 0.1) is 0 Å². The molecule has 0 radical (unpaired) electrons. The van der Waals surface area contributed by atoms with Crippen LogP contribution in [0.15, 0.2) is 10.9 Å². The minimum absolute atomic E-state index is 0.175. The van der Waals surface area contributed by atoms with Crippen LogP contribution in [0.3, 0.4) is 0 Å². The normalized spacial score (nSPS) is 28.1. The van der Waals surface area contributed by atoms with Crippen molar-refractivity contribution in [3.8, 4) is 0 Å². The highest BCUT2D eigenvalue weighted by molar-refractivity contribution is 4.92. The van der Waals surface area contributed by atoms with E-state index in [1.165, 1.54) is 6.33 Å². The first-order chi connectivity index (χ1) is 6.29. The minimum atomic E-state index is 0.175. The van der Waals surface area contributed by atoms with E-state index in [0.29, 0.717) is 12.4 Å². The van der Waals surface area contributed by atoms with Crippen LogP contribution in [0.4, 0.5) is 0 Å². The lowest BCUT2D eigenvalue weighted by Crippen LogP contribution is -2.43. The van der Waals surface area contributed by atoms with Crippen LogP contribution in [0.25, 0.3) is 0 Å². The molecule has 1 unspecified atom stereocenters. The lowest BCUT2D eigenvalue weighted by atomic mass is 10.0. The molecule has 1 saturated heterocycles. The average molecular weight is 182 g/mol. The Bertz CT molecular complexity index is 253. The molecule has 72 valence electrons. The molecule has 0 amide bonds. The third-order valence-electron chi connectivity index (χ3n) is 2.44. The molecule has 0 bridgehead atoms. The summed E-state index contributed by atoms with van der Waals surface area (Å²) in [6, 6.07) is 0. The molecule has 2 N–H and O–H groups in total. The van der Waals surface area contributed by atoms with Crippen molar-refractivity contribution in [3.05, 3.63) is 12.2 Å². The molecule has 0 aromatic carbocycles. The van der Waals surface area contributed by atoms with E-state index in [2.05, 4.69) is 27.7 Å². The van der Waals surface area contributed by atoms with Gasteiger partial charge in [-0.05, 0) is 19.9 Å². The standard InChI is InChI=1S/C8H14N4O/c1-8(2-3-9-5-8)11-4-7-10-6-12-13-7/h6,9,11H,2-5H2,1H3. The molecule has 1 aromatic heterocycles. The highest BCUT2D eigenvalue weighted by atomic mass is 16.5. The van der Waals surface area contributed by atoms with Crippen LogP contribution in [-0.2, 0) is 6.54 Å². The van der Waals surface area contributed by atoms with Gasteiger partial charge in [-0.25, -0.2) is 0 Å². The maximum atomic E-state index is 4.89. The molecular formula is C8H14N4O. The van der Waals surface area contributed by atoms with Crippen molar-refractivity contribution in [2.24, 2.45) is 0 Å². The Hall–Kier alpha value is -0.940. The Morgan fingerprint density at radius 2 is 2.69 bits per heavy atom. The van der Waals surface area contributed by atoms with E-state index in [1.54, 1.807) is 0 Å². The van der Waals surface area contributed by atoms with E-state index in [4.69, 9.17) is 4.52 Å². The maximum absolute atomic E-state index is 4.89. The smallest absolute Gasteiger partial charge is 0.240 e. The lowest BCUT2D eigenvalue weighted by molar-refractivity contribution is 0.323. The van der Waals surface area contributed by atoms with Crippen LogP contribution in [-0.4, -0.2) is 28.8 Å². The molecule has 1 atom stereocenters. The van der Waals surface area contributed by atoms with Crippen LogP contribution in [0.2, 0.25) is 0 Å². The van der Waals surface area contributed by atoms with Gasteiger partial charge in [0.15, 0.2) is 6.33 Å². The first kappa shape index (κ1) is 8.65. The zero-order valence-corrected chi connectivity index (χ0v) is 7.71. The number of hydrogen-bond donors (Lipinski definition) is 2. The third kappa shape index (κ3) is 2.05. The van der Waals surface area contributed by atoms with Crippen LogP contribution < -0.4 is 10.6 Å². The molecule has 5 nitrogen and oxygen atoms in total. The van der Waals surface area contributed by atoms with Gasteiger partial charge in [0.2, 0.25) is 5.89 Å². The summed E-state index contributed by atoms with van der Waals surface area (Å²) < 4.78 is 4.89. The minimum Gasteiger partial charge on any atom is -0.338 e.